The molecular formula is C25H19F3N4O2. The van der Waals surface area contributed by atoms with Crippen molar-refractivity contribution in [1.29, 1.82) is 0 Å². The first kappa shape index (κ1) is 22.8. The van der Waals surface area contributed by atoms with E-state index in [1.807, 2.05) is 0 Å². The normalized spacial score (nSPS) is 11.5. The lowest BCUT2D eigenvalue weighted by atomic mass is 10.1. The van der Waals surface area contributed by atoms with E-state index in [2.05, 4.69) is 20.8 Å². The third-order valence-electron chi connectivity index (χ3n) is 5.01. The van der Waals surface area contributed by atoms with E-state index in [1.54, 1.807) is 67.8 Å². The van der Waals surface area contributed by atoms with Crippen molar-refractivity contribution in [3.05, 3.63) is 95.7 Å². The Morgan fingerprint density at radius 3 is 2.47 bits per heavy atom. The molecule has 0 atom stereocenters. The number of halogens is 3. The predicted molar refractivity (Wildman–Crippen MR) is 125 cm³/mol. The molecule has 172 valence electrons. The number of hydrogen-bond acceptors (Lipinski definition) is 5. The van der Waals surface area contributed by atoms with Crippen LogP contribution in [0, 0.1) is 0 Å². The lowest BCUT2D eigenvalue weighted by Crippen LogP contribution is -2.19. The molecule has 9 heteroatoms. The van der Waals surface area contributed by atoms with Gasteiger partial charge in [-0.25, -0.2) is 5.43 Å². The molecular weight excluding hydrogens is 445 g/mol. The highest BCUT2D eigenvalue weighted by molar-refractivity contribution is 6.02. The van der Waals surface area contributed by atoms with Crippen LogP contribution in [0.25, 0.3) is 10.9 Å². The molecule has 4 aromatic rings. The van der Waals surface area contributed by atoms with Gasteiger partial charge in [-0.1, -0.05) is 24.3 Å². The van der Waals surface area contributed by atoms with Crippen LogP contribution in [0.2, 0.25) is 0 Å². The molecule has 34 heavy (non-hydrogen) atoms. The van der Waals surface area contributed by atoms with Crippen LogP contribution in [-0.4, -0.2) is 24.2 Å². The third-order valence-corrected chi connectivity index (χ3v) is 5.01. The number of rotatable bonds is 6. The number of anilines is 2. The van der Waals surface area contributed by atoms with Gasteiger partial charge in [-0.3, -0.25) is 9.78 Å². The molecule has 0 aliphatic rings. The Morgan fingerprint density at radius 1 is 0.971 bits per heavy atom. The van der Waals surface area contributed by atoms with Crippen molar-refractivity contribution in [2.45, 2.75) is 6.18 Å². The number of fused-ring (bicyclic) bond motifs is 1. The summed E-state index contributed by atoms with van der Waals surface area (Å²) in [5.41, 5.74) is 3.29. The summed E-state index contributed by atoms with van der Waals surface area (Å²) >= 11 is 0. The number of amides is 1. The SMILES string of the molecule is COc1ccc(/C=N/NC(=O)c2ccccc2Nc2ccnc3c(C(F)(F)F)cccc23)cc1. The van der Waals surface area contributed by atoms with Crippen LogP contribution >= 0.6 is 0 Å². The van der Waals surface area contributed by atoms with E-state index >= 15 is 0 Å². The summed E-state index contributed by atoms with van der Waals surface area (Å²) < 4.78 is 45.3. The largest absolute Gasteiger partial charge is 0.497 e. The van der Waals surface area contributed by atoms with Gasteiger partial charge in [0, 0.05) is 17.3 Å². The van der Waals surface area contributed by atoms with Crippen molar-refractivity contribution < 1.29 is 22.7 Å². The van der Waals surface area contributed by atoms with Crippen molar-refractivity contribution in [1.82, 2.24) is 10.4 Å². The highest BCUT2D eigenvalue weighted by atomic mass is 19.4. The molecule has 3 aromatic carbocycles. The van der Waals surface area contributed by atoms with Crippen molar-refractivity contribution in [2.75, 3.05) is 12.4 Å². The minimum Gasteiger partial charge on any atom is -0.497 e. The Kier molecular flexibility index (Phi) is 6.44. The molecule has 1 amide bonds. The molecule has 1 heterocycles. The van der Waals surface area contributed by atoms with E-state index in [-0.39, 0.29) is 16.5 Å². The predicted octanol–water partition coefficient (Wildman–Crippen LogP) is 5.77. The molecule has 6 nitrogen and oxygen atoms in total. The Labute approximate surface area is 193 Å². The molecule has 0 saturated heterocycles. The van der Waals surface area contributed by atoms with Crippen LogP contribution in [0.15, 0.2) is 84.1 Å². The monoisotopic (exact) mass is 464 g/mol. The number of nitrogens with zero attached hydrogens (tertiary/aromatic N) is 2. The molecule has 0 bridgehead atoms. The second-order valence-corrected chi connectivity index (χ2v) is 7.20. The Morgan fingerprint density at radius 2 is 1.74 bits per heavy atom. The number of nitrogens with one attached hydrogen (secondary N) is 2. The Bertz CT molecular complexity index is 1350. The number of methoxy groups -OCH3 is 1. The summed E-state index contributed by atoms with van der Waals surface area (Å²) in [5.74, 6) is 0.217. The van der Waals surface area contributed by atoms with Gasteiger partial charge in [0.2, 0.25) is 0 Å². The summed E-state index contributed by atoms with van der Waals surface area (Å²) in [5, 5.41) is 7.33. The topological polar surface area (TPSA) is 75.6 Å². The number of aromatic nitrogens is 1. The average Bonchev–Trinajstić information content (AvgIpc) is 2.84. The van der Waals surface area contributed by atoms with Gasteiger partial charge in [0.15, 0.2) is 0 Å². The fourth-order valence-electron chi connectivity index (χ4n) is 3.36. The van der Waals surface area contributed by atoms with Crippen LogP contribution in [0.4, 0.5) is 24.5 Å². The summed E-state index contributed by atoms with van der Waals surface area (Å²) in [6, 6.07) is 19.2. The summed E-state index contributed by atoms with van der Waals surface area (Å²) in [4.78, 5) is 16.7. The van der Waals surface area contributed by atoms with Crippen molar-refractivity contribution in [2.24, 2.45) is 5.10 Å². The standard InChI is InChI=1S/C25H19F3N4O2/c1-34-17-11-9-16(10-12-17)15-30-32-24(33)19-5-2-3-8-21(19)31-22-13-14-29-23-18(22)6-4-7-20(23)25(26,27)28/h2-15H,1H3,(H,29,31)(H,32,33)/b30-15+. The summed E-state index contributed by atoms with van der Waals surface area (Å²) in [6.45, 7) is 0. The molecule has 1 aromatic heterocycles. The number of pyridine rings is 1. The zero-order chi connectivity index (χ0) is 24.1. The highest BCUT2D eigenvalue weighted by Crippen LogP contribution is 2.36. The van der Waals surface area contributed by atoms with Crippen LogP contribution in [0.3, 0.4) is 0 Å². The number of alkyl halides is 3. The molecule has 0 radical (unpaired) electrons. The smallest absolute Gasteiger partial charge is 0.418 e. The van der Waals surface area contributed by atoms with Crippen molar-refractivity contribution in [3.63, 3.8) is 0 Å². The van der Waals surface area contributed by atoms with E-state index < -0.39 is 17.6 Å². The number of benzene rings is 3. The van der Waals surface area contributed by atoms with Crippen LogP contribution < -0.4 is 15.5 Å². The minimum atomic E-state index is -4.54. The molecule has 0 aliphatic heterocycles. The number of carbonyl (C=O) groups excluding carboxylic acids is 1. The van der Waals surface area contributed by atoms with Gasteiger partial charge in [0.1, 0.15) is 5.75 Å². The zero-order valence-corrected chi connectivity index (χ0v) is 17.9. The van der Waals surface area contributed by atoms with E-state index in [4.69, 9.17) is 4.74 Å². The zero-order valence-electron chi connectivity index (χ0n) is 17.9. The third kappa shape index (κ3) is 4.98. The quantitative estimate of drug-likeness (QED) is 0.281. The van der Waals surface area contributed by atoms with Gasteiger partial charge >= 0.3 is 6.18 Å². The van der Waals surface area contributed by atoms with E-state index in [1.165, 1.54) is 18.5 Å². The molecule has 0 aliphatic carbocycles. The molecule has 0 unspecified atom stereocenters. The van der Waals surface area contributed by atoms with E-state index in [9.17, 15) is 18.0 Å². The van der Waals surface area contributed by atoms with Gasteiger partial charge in [0.25, 0.3) is 5.91 Å². The first-order chi connectivity index (χ1) is 16.4. The molecule has 0 fully saturated rings. The number of para-hydroxylation sites is 2. The average molecular weight is 464 g/mol. The number of hydrogen-bond donors (Lipinski definition) is 2. The summed E-state index contributed by atoms with van der Waals surface area (Å²) in [7, 11) is 1.57. The second kappa shape index (κ2) is 9.62. The Balaban J connectivity index is 1.57. The van der Waals surface area contributed by atoms with Gasteiger partial charge in [-0.15, -0.1) is 0 Å². The number of hydrazone groups is 1. The molecule has 4 rings (SSSR count). The fourth-order valence-corrected chi connectivity index (χ4v) is 3.36. The van der Waals surface area contributed by atoms with Gasteiger partial charge in [0.05, 0.1) is 35.7 Å². The lowest BCUT2D eigenvalue weighted by Gasteiger charge is -2.15. The van der Waals surface area contributed by atoms with E-state index in [0.717, 1.165) is 11.6 Å². The maximum atomic E-state index is 13.4. The fraction of sp³-hybridized carbons (Fsp3) is 0.0800. The molecule has 0 saturated carbocycles. The summed E-state index contributed by atoms with van der Waals surface area (Å²) in [6.07, 6.45) is -1.75. The van der Waals surface area contributed by atoms with Gasteiger partial charge in [-0.2, -0.15) is 18.3 Å². The molecule has 2 N–H and O–H groups in total. The molecule has 0 spiro atoms. The maximum absolute atomic E-state index is 13.4. The van der Waals surface area contributed by atoms with Crippen molar-refractivity contribution in [3.8, 4) is 5.75 Å². The Hall–Kier alpha value is -4.40. The van der Waals surface area contributed by atoms with Crippen molar-refractivity contribution >= 4 is 34.4 Å². The second-order valence-electron chi connectivity index (χ2n) is 7.20. The maximum Gasteiger partial charge on any atom is 0.418 e. The van der Waals surface area contributed by atoms with E-state index in [0.29, 0.717) is 17.1 Å². The minimum absolute atomic E-state index is 0.175. The first-order valence-electron chi connectivity index (χ1n) is 10.2. The van der Waals surface area contributed by atoms with Gasteiger partial charge < -0.3 is 10.1 Å². The van der Waals surface area contributed by atoms with Crippen LogP contribution in [0.5, 0.6) is 5.75 Å². The highest BCUT2D eigenvalue weighted by Gasteiger charge is 2.33. The number of ether oxygens (including phenoxy) is 1. The van der Waals surface area contributed by atoms with Crippen LogP contribution in [-0.2, 0) is 6.18 Å². The number of carbonyl (C=O) groups is 1. The van der Waals surface area contributed by atoms with Gasteiger partial charge in [-0.05, 0) is 54.1 Å². The first-order valence-corrected chi connectivity index (χ1v) is 10.2. The lowest BCUT2D eigenvalue weighted by molar-refractivity contribution is -0.136. The van der Waals surface area contributed by atoms with Crippen LogP contribution in [0.1, 0.15) is 21.5 Å².